The number of thiazole rings is 1. The molecule has 0 saturated heterocycles. The van der Waals surface area contributed by atoms with Crippen LogP contribution >= 0.6 is 22.7 Å². The molecule has 0 bridgehead atoms. The summed E-state index contributed by atoms with van der Waals surface area (Å²) in [5.74, 6) is -0.499. The van der Waals surface area contributed by atoms with Gasteiger partial charge in [0.05, 0.1) is 13.0 Å². The molecular formula is C15H20N4O2S2. The Morgan fingerprint density at radius 1 is 1.26 bits per heavy atom. The summed E-state index contributed by atoms with van der Waals surface area (Å²) in [6, 6.07) is 4.04. The van der Waals surface area contributed by atoms with Crippen molar-refractivity contribution in [3.8, 4) is 0 Å². The number of nitrogens with zero attached hydrogens (tertiary/aromatic N) is 2. The van der Waals surface area contributed by atoms with Crippen LogP contribution < -0.4 is 10.9 Å². The lowest BCUT2D eigenvalue weighted by Gasteiger charge is -2.19. The van der Waals surface area contributed by atoms with Gasteiger partial charge in [-0.3, -0.25) is 25.3 Å². The van der Waals surface area contributed by atoms with Gasteiger partial charge in [-0.2, -0.15) is 0 Å². The summed E-state index contributed by atoms with van der Waals surface area (Å²) in [4.78, 5) is 31.1. The Hall–Kier alpha value is -1.77. The van der Waals surface area contributed by atoms with Crippen LogP contribution in [-0.4, -0.2) is 34.8 Å². The Labute approximate surface area is 143 Å². The first-order valence-corrected chi connectivity index (χ1v) is 9.06. The van der Waals surface area contributed by atoms with E-state index in [4.69, 9.17) is 0 Å². The molecule has 0 saturated carbocycles. The molecule has 0 radical (unpaired) electrons. The molecule has 0 atom stereocenters. The molecule has 0 aliphatic rings. The summed E-state index contributed by atoms with van der Waals surface area (Å²) < 4.78 is 0. The molecule has 0 fully saturated rings. The lowest BCUT2D eigenvalue weighted by Crippen LogP contribution is -2.46. The van der Waals surface area contributed by atoms with Crippen molar-refractivity contribution in [1.29, 1.82) is 0 Å². The van der Waals surface area contributed by atoms with Crippen LogP contribution in [0.15, 0.2) is 22.9 Å². The van der Waals surface area contributed by atoms with Crippen molar-refractivity contribution in [3.63, 3.8) is 0 Å². The quantitative estimate of drug-likeness (QED) is 0.744. The number of thiophene rings is 1. The first kappa shape index (κ1) is 17.6. The van der Waals surface area contributed by atoms with E-state index in [9.17, 15) is 9.59 Å². The summed E-state index contributed by atoms with van der Waals surface area (Å²) in [5, 5.41) is 4.65. The third-order valence-electron chi connectivity index (χ3n) is 3.09. The summed E-state index contributed by atoms with van der Waals surface area (Å²) in [7, 11) is 0. The molecule has 0 aliphatic carbocycles. The van der Waals surface area contributed by atoms with Gasteiger partial charge < -0.3 is 0 Å². The minimum Gasteiger partial charge on any atom is -0.290 e. The van der Waals surface area contributed by atoms with Crippen LogP contribution in [0.1, 0.15) is 22.5 Å². The van der Waals surface area contributed by atoms with Crippen molar-refractivity contribution in [2.24, 2.45) is 0 Å². The fourth-order valence-electron chi connectivity index (χ4n) is 1.95. The van der Waals surface area contributed by atoms with Gasteiger partial charge in [0, 0.05) is 22.5 Å². The van der Waals surface area contributed by atoms with Crippen LogP contribution in [-0.2, 0) is 22.6 Å². The monoisotopic (exact) mass is 352 g/mol. The molecule has 2 heterocycles. The summed E-state index contributed by atoms with van der Waals surface area (Å²) in [6.07, 6.45) is 0.172. The molecule has 0 spiro atoms. The molecule has 124 valence electrons. The van der Waals surface area contributed by atoms with Crippen molar-refractivity contribution in [2.75, 3.05) is 13.1 Å². The van der Waals surface area contributed by atoms with E-state index < -0.39 is 0 Å². The van der Waals surface area contributed by atoms with Crippen LogP contribution in [0.4, 0.5) is 0 Å². The van der Waals surface area contributed by atoms with Crippen LogP contribution in [0.2, 0.25) is 0 Å². The Balaban J connectivity index is 1.71. The van der Waals surface area contributed by atoms with Crippen molar-refractivity contribution in [2.45, 2.75) is 26.8 Å². The summed E-state index contributed by atoms with van der Waals surface area (Å²) in [5.41, 5.74) is 5.78. The number of rotatable bonds is 7. The average molecular weight is 352 g/mol. The molecule has 2 amide bonds. The maximum absolute atomic E-state index is 11.9. The minimum atomic E-state index is -0.269. The Morgan fingerprint density at radius 2 is 2.04 bits per heavy atom. The number of aromatic nitrogens is 1. The smallest absolute Gasteiger partial charge is 0.252 e. The zero-order valence-corrected chi connectivity index (χ0v) is 14.8. The number of amides is 2. The maximum Gasteiger partial charge on any atom is 0.252 e. The second-order valence-corrected chi connectivity index (χ2v) is 7.01. The molecule has 2 aromatic heterocycles. The second-order valence-electron chi connectivity index (χ2n) is 5.04. The van der Waals surface area contributed by atoms with Gasteiger partial charge in [-0.15, -0.1) is 22.7 Å². The first-order valence-electron chi connectivity index (χ1n) is 7.30. The molecule has 2 aromatic rings. The van der Waals surface area contributed by atoms with Gasteiger partial charge in [0.15, 0.2) is 0 Å². The van der Waals surface area contributed by atoms with E-state index >= 15 is 0 Å². The molecular weight excluding hydrogens is 332 g/mol. The van der Waals surface area contributed by atoms with Crippen LogP contribution in [0, 0.1) is 6.92 Å². The van der Waals surface area contributed by atoms with Gasteiger partial charge >= 0.3 is 0 Å². The van der Waals surface area contributed by atoms with Crippen LogP contribution in [0.3, 0.4) is 0 Å². The largest absolute Gasteiger partial charge is 0.290 e. The highest BCUT2D eigenvalue weighted by molar-refractivity contribution is 7.10. The number of nitrogens with one attached hydrogen (secondary N) is 2. The SMILES string of the molecule is CCN(CC(=O)NNC(=O)Cc1nc(C)cs1)Cc1cccs1. The van der Waals surface area contributed by atoms with Gasteiger partial charge in [-0.1, -0.05) is 13.0 Å². The van der Waals surface area contributed by atoms with E-state index in [0.29, 0.717) is 0 Å². The van der Waals surface area contributed by atoms with Crippen molar-refractivity contribution in [3.05, 3.63) is 38.5 Å². The molecule has 0 unspecified atom stereocenters. The number of likely N-dealkylation sites (N-methyl/N-ethyl adjacent to an activating group) is 1. The molecule has 0 aromatic carbocycles. The van der Waals surface area contributed by atoms with E-state index in [1.54, 1.807) is 11.3 Å². The molecule has 6 nitrogen and oxygen atoms in total. The average Bonchev–Trinajstić information content (AvgIpc) is 3.16. The fourth-order valence-corrected chi connectivity index (χ4v) is 3.47. The van der Waals surface area contributed by atoms with E-state index in [2.05, 4.69) is 15.8 Å². The molecule has 2 rings (SSSR count). The first-order chi connectivity index (χ1) is 11.1. The minimum absolute atomic E-state index is 0.172. The second kappa shape index (κ2) is 8.76. The summed E-state index contributed by atoms with van der Waals surface area (Å²) >= 11 is 3.10. The number of carbonyl (C=O) groups is 2. The third-order valence-corrected chi connectivity index (χ3v) is 4.92. The Kier molecular flexibility index (Phi) is 6.69. The highest BCUT2D eigenvalue weighted by Crippen LogP contribution is 2.11. The molecule has 2 N–H and O–H groups in total. The van der Waals surface area contributed by atoms with Gasteiger partial charge in [-0.05, 0) is 24.9 Å². The highest BCUT2D eigenvalue weighted by atomic mass is 32.1. The predicted molar refractivity (Wildman–Crippen MR) is 92.1 cm³/mol. The number of aryl methyl sites for hydroxylation is 1. The number of hydrazine groups is 1. The summed E-state index contributed by atoms with van der Waals surface area (Å²) in [6.45, 7) is 5.62. The standard InChI is InChI=1S/C15H20N4O2S2/c1-3-19(8-12-5-4-6-22-12)9-14(21)18-17-13(20)7-15-16-11(2)10-23-15/h4-6,10H,3,7-9H2,1-2H3,(H,17,20)(H,18,21). The van der Waals surface area contributed by atoms with Gasteiger partial charge in [0.2, 0.25) is 5.91 Å². The van der Waals surface area contributed by atoms with E-state index in [1.807, 2.05) is 41.6 Å². The predicted octanol–water partition coefficient (Wildman–Crippen LogP) is 1.73. The van der Waals surface area contributed by atoms with Crippen LogP contribution in [0.5, 0.6) is 0 Å². The van der Waals surface area contributed by atoms with E-state index in [-0.39, 0.29) is 24.8 Å². The lowest BCUT2D eigenvalue weighted by atomic mass is 10.4. The number of hydrogen-bond acceptors (Lipinski definition) is 6. The number of carbonyl (C=O) groups excluding carboxylic acids is 2. The van der Waals surface area contributed by atoms with Gasteiger partial charge in [0.1, 0.15) is 5.01 Å². The van der Waals surface area contributed by atoms with Crippen molar-refractivity contribution in [1.82, 2.24) is 20.7 Å². The zero-order valence-electron chi connectivity index (χ0n) is 13.2. The van der Waals surface area contributed by atoms with Gasteiger partial charge in [0.25, 0.3) is 5.91 Å². The normalized spacial score (nSPS) is 10.7. The fraction of sp³-hybridized carbons (Fsp3) is 0.400. The maximum atomic E-state index is 11.9. The Morgan fingerprint density at radius 3 is 2.65 bits per heavy atom. The zero-order chi connectivity index (χ0) is 16.7. The van der Waals surface area contributed by atoms with E-state index in [0.717, 1.165) is 23.8 Å². The third kappa shape index (κ3) is 6.09. The van der Waals surface area contributed by atoms with Crippen molar-refractivity contribution < 1.29 is 9.59 Å². The molecule has 23 heavy (non-hydrogen) atoms. The topological polar surface area (TPSA) is 74.3 Å². The van der Waals surface area contributed by atoms with Crippen molar-refractivity contribution >= 4 is 34.5 Å². The lowest BCUT2D eigenvalue weighted by molar-refractivity contribution is -0.129. The van der Waals surface area contributed by atoms with Crippen LogP contribution in [0.25, 0.3) is 0 Å². The number of hydrogen-bond donors (Lipinski definition) is 2. The van der Waals surface area contributed by atoms with Gasteiger partial charge in [-0.25, -0.2) is 4.98 Å². The molecule has 8 heteroatoms. The highest BCUT2D eigenvalue weighted by Gasteiger charge is 2.12. The Bertz CT molecular complexity index is 640. The van der Waals surface area contributed by atoms with E-state index in [1.165, 1.54) is 16.2 Å². The molecule has 0 aliphatic heterocycles.